The average molecular weight is 402 g/mol. The van der Waals surface area contributed by atoms with Crippen molar-refractivity contribution in [3.05, 3.63) is 90.8 Å². The Morgan fingerprint density at radius 3 is 2.87 bits per heavy atom. The molecule has 3 aromatic rings. The highest BCUT2D eigenvalue weighted by atomic mass is 16.5. The molecule has 154 valence electrons. The highest BCUT2D eigenvalue weighted by Crippen LogP contribution is 2.29. The minimum atomic E-state index is 0.00611. The van der Waals surface area contributed by atoms with Gasteiger partial charge in [0.1, 0.15) is 18.2 Å². The third kappa shape index (κ3) is 4.43. The molecule has 1 aliphatic heterocycles. The number of nitrogens with zero attached hydrogens (tertiary/aromatic N) is 4. The van der Waals surface area contributed by atoms with Gasteiger partial charge in [0.05, 0.1) is 5.56 Å². The van der Waals surface area contributed by atoms with Crippen molar-refractivity contribution >= 4 is 5.91 Å². The number of ether oxygens (including phenoxy) is 1. The van der Waals surface area contributed by atoms with E-state index in [2.05, 4.69) is 21.1 Å². The van der Waals surface area contributed by atoms with Gasteiger partial charge in [-0.05, 0) is 42.7 Å². The van der Waals surface area contributed by atoms with Crippen LogP contribution in [0.1, 0.15) is 40.5 Å². The lowest BCUT2D eigenvalue weighted by molar-refractivity contribution is 0.0699. The lowest BCUT2D eigenvalue weighted by Crippen LogP contribution is -2.40. The highest BCUT2D eigenvalue weighted by Gasteiger charge is 2.29. The monoisotopic (exact) mass is 402 g/mol. The molecular formula is C24H26N4O2. The Kier molecular flexibility index (Phi) is 6.23. The van der Waals surface area contributed by atoms with Gasteiger partial charge in [-0.2, -0.15) is 0 Å². The number of amides is 1. The van der Waals surface area contributed by atoms with Crippen molar-refractivity contribution in [3.63, 3.8) is 0 Å². The summed E-state index contributed by atoms with van der Waals surface area (Å²) >= 11 is 0. The number of hydrogen-bond acceptors (Lipinski definition) is 4. The second-order valence-corrected chi connectivity index (χ2v) is 7.45. The molecular weight excluding hydrogens is 376 g/mol. The molecule has 1 aliphatic rings. The van der Waals surface area contributed by atoms with Crippen molar-refractivity contribution in [1.29, 1.82) is 0 Å². The van der Waals surface area contributed by atoms with E-state index < -0.39 is 0 Å². The summed E-state index contributed by atoms with van der Waals surface area (Å²) in [4.78, 5) is 23.9. The summed E-state index contributed by atoms with van der Waals surface area (Å²) in [5.41, 5.74) is 1.78. The van der Waals surface area contributed by atoms with Crippen LogP contribution in [0.4, 0.5) is 0 Å². The molecule has 3 heterocycles. The van der Waals surface area contributed by atoms with Crippen LogP contribution in [0.15, 0.2) is 73.8 Å². The second kappa shape index (κ2) is 9.39. The Bertz CT molecular complexity index is 999. The number of benzene rings is 1. The summed E-state index contributed by atoms with van der Waals surface area (Å²) in [5, 5.41) is 0. The molecule has 1 unspecified atom stereocenters. The first kappa shape index (κ1) is 19.9. The number of piperidine rings is 1. The molecule has 1 fully saturated rings. The van der Waals surface area contributed by atoms with E-state index in [4.69, 9.17) is 4.74 Å². The maximum Gasteiger partial charge on any atom is 0.257 e. The molecule has 6 nitrogen and oxygen atoms in total. The van der Waals surface area contributed by atoms with Crippen LogP contribution in [-0.2, 0) is 6.54 Å². The Morgan fingerprint density at radius 2 is 2.03 bits per heavy atom. The van der Waals surface area contributed by atoms with Gasteiger partial charge >= 0.3 is 0 Å². The summed E-state index contributed by atoms with van der Waals surface area (Å²) in [7, 11) is 0. The van der Waals surface area contributed by atoms with Gasteiger partial charge in [-0.3, -0.25) is 9.78 Å². The molecule has 0 spiro atoms. The second-order valence-electron chi connectivity index (χ2n) is 7.45. The van der Waals surface area contributed by atoms with Crippen molar-refractivity contribution in [2.45, 2.75) is 25.3 Å². The van der Waals surface area contributed by atoms with Crippen LogP contribution in [0.25, 0.3) is 0 Å². The fourth-order valence-electron chi connectivity index (χ4n) is 3.96. The van der Waals surface area contributed by atoms with Crippen LogP contribution in [0, 0.1) is 0 Å². The molecule has 1 amide bonds. The zero-order valence-electron chi connectivity index (χ0n) is 17.0. The van der Waals surface area contributed by atoms with Crippen LogP contribution in [-0.4, -0.2) is 45.0 Å². The molecule has 0 radical (unpaired) electrons. The third-order valence-electron chi connectivity index (χ3n) is 5.40. The maximum atomic E-state index is 13.3. The first-order valence-corrected chi connectivity index (χ1v) is 10.3. The molecule has 2 aromatic heterocycles. The zero-order chi connectivity index (χ0) is 20.8. The van der Waals surface area contributed by atoms with Gasteiger partial charge in [0.15, 0.2) is 0 Å². The van der Waals surface area contributed by atoms with Crippen molar-refractivity contribution in [3.8, 4) is 5.75 Å². The smallest absolute Gasteiger partial charge is 0.257 e. The first-order valence-electron chi connectivity index (χ1n) is 10.3. The van der Waals surface area contributed by atoms with E-state index in [0.717, 1.165) is 31.8 Å². The summed E-state index contributed by atoms with van der Waals surface area (Å²) in [5.74, 6) is 1.84. The van der Waals surface area contributed by atoms with Crippen LogP contribution in [0.2, 0.25) is 0 Å². The molecule has 6 heteroatoms. The number of hydrogen-bond donors (Lipinski definition) is 0. The predicted molar refractivity (Wildman–Crippen MR) is 116 cm³/mol. The Morgan fingerprint density at radius 1 is 1.20 bits per heavy atom. The molecule has 0 N–H and O–H groups in total. The van der Waals surface area contributed by atoms with Gasteiger partial charge in [0.2, 0.25) is 0 Å². The van der Waals surface area contributed by atoms with Crippen LogP contribution in [0.3, 0.4) is 0 Å². The van der Waals surface area contributed by atoms with Crippen molar-refractivity contribution in [1.82, 2.24) is 19.4 Å². The Balaban J connectivity index is 1.50. The largest absolute Gasteiger partial charge is 0.489 e. The molecule has 30 heavy (non-hydrogen) atoms. The predicted octanol–water partition coefficient (Wildman–Crippen LogP) is 3.91. The van der Waals surface area contributed by atoms with E-state index in [9.17, 15) is 4.79 Å². The summed E-state index contributed by atoms with van der Waals surface area (Å²) < 4.78 is 7.87. The number of likely N-dealkylation sites (tertiary alicyclic amines) is 1. The van der Waals surface area contributed by atoms with Gasteiger partial charge in [-0.15, -0.1) is 0 Å². The third-order valence-corrected chi connectivity index (χ3v) is 5.40. The van der Waals surface area contributed by atoms with E-state index in [1.54, 1.807) is 18.5 Å². The van der Waals surface area contributed by atoms with E-state index in [1.165, 1.54) is 5.56 Å². The standard InChI is InChI=1S/C24H26N4O2/c1-2-16-30-22-8-4-3-7-21(22)24(29)28-14-5-6-20(18-28)23-26-13-15-27(23)17-19-9-11-25-12-10-19/h2-4,7-13,15,20H,1,5-6,14,16-18H2. The lowest BCUT2D eigenvalue weighted by atomic mass is 9.96. The van der Waals surface area contributed by atoms with E-state index in [-0.39, 0.29) is 11.8 Å². The molecule has 4 rings (SSSR count). The summed E-state index contributed by atoms with van der Waals surface area (Å²) in [6.07, 6.45) is 11.1. The van der Waals surface area contributed by atoms with Gasteiger partial charge in [-0.25, -0.2) is 4.98 Å². The minimum Gasteiger partial charge on any atom is -0.489 e. The first-order chi connectivity index (χ1) is 14.8. The van der Waals surface area contributed by atoms with E-state index >= 15 is 0 Å². The minimum absolute atomic E-state index is 0.00611. The van der Waals surface area contributed by atoms with Gasteiger partial charge in [0, 0.05) is 50.3 Å². The average Bonchev–Trinajstić information content (AvgIpc) is 3.26. The number of pyridine rings is 1. The molecule has 1 saturated heterocycles. The summed E-state index contributed by atoms with van der Waals surface area (Å²) in [6.45, 7) is 6.21. The summed E-state index contributed by atoms with van der Waals surface area (Å²) in [6, 6.07) is 11.4. The normalized spacial score (nSPS) is 16.3. The van der Waals surface area contributed by atoms with Crippen molar-refractivity contribution < 1.29 is 9.53 Å². The van der Waals surface area contributed by atoms with Gasteiger partial charge in [0.25, 0.3) is 5.91 Å². The van der Waals surface area contributed by atoms with Crippen LogP contribution >= 0.6 is 0 Å². The molecule has 0 saturated carbocycles. The molecule has 1 atom stereocenters. The van der Waals surface area contributed by atoms with Crippen molar-refractivity contribution in [2.75, 3.05) is 19.7 Å². The lowest BCUT2D eigenvalue weighted by Gasteiger charge is -2.33. The Hall–Kier alpha value is -3.41. The van der Waals surface area contributed by atoms with Crippen LogP contribution < -0.4 is 4.74 Å². The van der Waals surface area contributed by atoms with Crippen LogP contribution in [0.5, 0.6) is 5.75 Å². The number of para-hydroxylation sites is 1. The molecule has 1 aromatic carbocycles. The molecule has 0 aliphatic carbocycles. The highest BCUT2D eigenvalue weighted by molar-refractivity contribution is 5.97. The van der Waals surface area contributed by atoms with Gasteiger partial charge in [-0.1, -0.05) is 24.8 Å². The van der Waals surface area contributed by atoms with Crippen molar-refractivity contribution in [2.24, 2.45) is 0 Å². The number of aromatic nitrogens is 3. The number of imidazole rings is 1. The Labute approximate surface area is 176 Å². The van der Waals surface area contributed by atoms with Gasteiger partial charge < -0.3 is 14.2 Å². The molecule has 0 bridgehead atoms. The van der Waals surface area contributed by atoms with E-state index in [0.29, 0.717) is 24.5 Å². The SMILES string of the molecule is C=CCOc1ccccc1C(=O)N1CCCC(c2nccn2Cc2ccncc2)C1. The maximum absolute atomic E-state index is 13.3. The fourth-order valence-corrected chi connectivity index (χ4v) is 3.96. The topological polar surface area (TPSA) is 60.2 Å². The number of carbonyl (C=O) groups excluding carboxylic acids is 1. The number of rotatable bonds is 7. The fraction of sp³-hybridized carbons (Fsp3) is 0.292. The number of carbonyl (C=O) groups is 1. The zero-order valence-corrected chi connectivity index (χ0v) is 17.0. The van der Waals surface area contributed by atoms with E-state index in [1.807, 2.05) is 53.7 Å². The quantitative estimate of drug-likeness (QED) is 0.562.